The lowest BCUT2D eigenvalue weighted by atomic mass is 9.98. The summed E-state index contributed by atoms with van der Waals surface area (Å²) in [6.45, 7) is 0. The molecule has 11 aromatic rings. The van der Waals surface area contributed by atoms with Gasteiger partial charge in [-0.3, -0.25) is 0 Å². The molecule has 0 unspecified atom stereocenters. The molecule has 3 nitrogen and oxygen atoms in total. The average molecular weight is 750 g/mol. The number of nitrogens with zero attached hydrogens (tertiary/aromatic N) is 3. The fraction of sp³-hybridized carbons (Fsp3) is 0. The molecule has 3 heterocycles. The number of benzene rings is 8. The molecule has 8 aromatic carbocycles. The van der Waals surface area contributed by atoms with Crippen molar-refractivity contribution in [1.29, 1.82) is 0 Å². The Morgan fingerprint density at radius 3 is 1.46 bits per heavy atom. The zero-order valence-corrected chi connectivity index (χ0v) is 31.7. The SMILES string of the molecule is c1ccc(-c2cccc(-c3nc(-c4ccc(-c5cccc6sc7ccccc7c56)cc4)nc(-c4cccc(-c5ccc6sc7ccccc7c6c5)c4)n3)c2)cc1. The van der Waals surface area contributed by atoms with Crippen molar-refractivity contribution >= 4 is 63.0 Å². The van der Waals surface area contributed by atoms with Crippen LogP contribution >= 0.6 is 22.7 Å². The molecule has 0 aliphatic rings. The van der Waals surface area contributed by atoms with Crippen molar-refractivity contribution in [3.05, 3.63) is 188 Å². The Morgan fingerprint density at radius 2 is 0.732 bits per heavy atom. The van der Waals surface area contributed by atoms with E-state index < -0.39 is 0 Å². The van der Waals surface area contributed by atoms with E-state index >= 15 is 0 Å². The Bertz CT molecular complexity index is 3250. The summed E-state index contributed by atoms with van der Waals surface area (Å²) in [4.78, 5) is 15.5. The maximum Gasteiger partial charge on any atom is 0.164 e. The average Bonchev–Trinajstić information content (AvgIpc) is 3.85. The van der Waals surface area contributed by atoms with Gasteiger partial charge >= 0.3 is 0 Å². The number of thiophene rings is 2. The van der Waals surface area contributed by atoms with Crippen LogP contribution < -0.4 is 0 Å². The van der Waals surface area contributed by atoms with Crippen LogP contribution in [0.5, 0.6) is 0 Å². The summed E-state index contributed by atoms with van der Waals surface area (Å²) in [6.07, 6.45) is 0. The monoisotopic (exact) mass is 749 g/mol. The second kappa shape index (κ2) is 13.5. The number of fused-ring (bicyclic) bond motifs is 6. The van der Waals surface area contributed by atoms with Crippen LogP contribution in [0, 0.1) is 0 Å². The van der Waals surface area contributed by atoms with Crippen LogP contribution in [0.25, 0.3) is 108 Å². The number of hydrogen-bond donors (Lipinski definition) is 0. The third-order valence-electron chi connectivity index (χ3n) is 10.6. The fourth-order valence-electron chi connectivity index (χ4n) is 7.79. The first-order valence-corrected chi connectivity index (χ1v) is 20.3. The summed E-state index contributed by atoms with van der Waals surface area (Å²) in [7, 11) is 0. The highest BCUT2D eigenvalue weighted by Crippen LogP contribution is 2.41. The lowest BCUT2D eigenvalue weighted by Gasteiger charge is -2.11. The normalized spacial score (nSPS) is 11.6. The molecule has 0 spiro atoms. The molecule has 0 atom stereocenters. The van der Waals surface area contributed by atoms with Gasteiger partial charge in [0.25, 0.3) is 0 Å². The smallest absolute Gasteiger partial charge is 0.164 e. The first-order valence-electron chi connectivity index (χ1n) is 18.7. The Morgan fingerprint density at radius 1 is 0.268 bits per heavy atom. The molecule has 0 N–H and O–H groups in total. The Hall–Kier alpha value is -6.79. The van der Waals surface area contributed by atoms with E-state index in [1.54, 1.807) is 0 Å². The minimum atomic E-state index is 0.637. The molecule has 0 bridgehead atoms. The molecule has 0 saturated heterocycles. The predicted molar refractivity (Wildman–Crippen MR) is 238 cm³/mol. The van der Waals surface area contributed by atoms with Gasteiger partial charge in [0.1, 0.15) is 0 Å². The van der Waals surface area contributed by atoms with Crippen LogP contribution in [0.1, 0.15) is 0 Å². The van der Waals surface area contributed by atoms with Gasteiger partial charge in [0, 0.05) is 57.0 Å². The third-order valence-corrected chi connectivity index (χ3v) is 12.8. The zero-order valence-electron chi connectivity index (χ0n) is 30.1. The largest absolute Gasteiger partial charge is 0.208 e. The third kappa shape index (κ3) is 5.77. The molecule has 0 aliphatic heterocycles. The van der Waals surface area contributed by atoms with E-state index in [2.05, 4.69) is 182 Å². The molecule has 262 valence electrons. The molecule has 56 heavy (non-hydrogen) atoms. The van der Waals surface area contributed by atoms with Gasteiger partial charge in [-0.15, -0.1) is 22.7 Å². The van der Waals surface area contributed by atoms with Crippen molar-refractivity contribution in [2.24, 2.45) is 0 Å². The van der Waals surface area contributed by atoms with Crippen LogP contribution in [-0.2, 0) is 0 Å². The Balaban J connectivity index is 1.03. The summed E-state index contributed by atoms with van der Waals surface area (Å²) in [5.41, 5.74) is 9.75. The molecular formula is C51H31N3S2. The van der Waals surface area contributed by atoms with E-state index in [0.29, 0.717) is 17.5 Å². The maximum atomic E-state index is 5.16. The van der Waals surface area contributed by atoms with Crippen molar-refractivity contribution in [3.63, 3.8) is 0 Å². The first kappa shape index (κ1) is 32.6. The molecule has 0 aliphatic carbocycles. The summed E-state index contributed by atoms with van der Waals surface area (Å²) in [5, 5.41) is 5.17. The highest BCUT2D eigenvalue weighted by molar-refractivity contribution is 7.26. The van der Waals surface area contributed by atoms with Crippen molar-refractivity contribution in [2.45, 2.75) is 0 Å². The second-order valence-corrected chi connectivity index (χ2v) is 16.2. The summed E-state index contributed by atoms with van der Waals surface area (Å²) in [6, 6.07) is 66.8. The van der Waals surface area contributed by atoms with E-state index in [-0.39, 0.29) is 0 Å². The van der Waals surface area contributed by atoms with E-state index in [4.69, 9.17) is 15.0 Å². The molecule has 0 fully saturated rings. The van der Waals surface area contributed by atoms with Crippen molar-refractivity contribution in [1.82, 2.24) is 15.0 Å². The van der Waals surface area contributed by atoms with Gasteiger partial charge in [0.15, 0.2) is 17.5 Å². The number of hydrogen-bond acceptors (Lipinski definition) is 5. The van der Waals surface area contributed by atoms with Gasteiger partial charge in [-0.25, -0.2) is 15.0 Å². The van der Waals surface area contributed by atoms with E-state index in [1.165, 1.54) is 45.9 Å². The first-order chi connectivity index (χ1) is 27.7. The standard InChI is InChI=1S/C51H31N3S2/c1-2-11-32(12-3-1)35-13-8-15-38(29-35)50-52-49(34-25-23-33(24-26-34)40-19-10-22-47-48(40)42-18-5-7-21-45(42)56-47)53-51(54-50)39-16-9-14-36(30-39)37-27-28-46-43(31-37)41-17-4-6-20-44(41)55-46/h1-31H. The predicted octanol–water partition coefficient (Wildman–Crippen LogP) is 14.6. The minimum Gasteiger partial charge on any atom is -0.208 e. The van der Waals surface area contributed by atoms with E-state index in [1.807, 2.05) is 28.7 Å². The van der Waals surface area contributed by atoms with Gasteiger partial charge < -0.3 is 0 Å². The van der Waals surface area contributed by atoms with Crippen LogP contribution in [0.15, 0.2) is 188 Å². The van der Waals surface area contributed by atoms with Crippen molar-refractivity contribution in [3.8, 4) is 67.5 Å². The van der Waals surface area contributed by atoms with Gasteiger partial charge in [-0.05, 0) is 75.8 Å². The topological polar surface area (TPSA) is 38.7 Å². The van der Waals surface area contributed by atoms with Gasteiger partial charge in [-0.2, -0.15) is 0 Å². The number of rotatable bonds is 6. The quantitative estimate of drug-likeness (QED) is 0.170. The molecule has 0 radical (unpaired) electrons. The molecular weight excluding hydrogens is 719 g/mol. The molecule has 3 aromatic heterocycles. The van der Waals surface area contributed by atoms with Gasteiger partial charge in [0.05, 0.1) is 0 Å². The van der Waals surface area contributed by atoms with Crippen LogP contribution in [-0.4, -0.2) is 15.0 Å². The lowest BCUT2D eigenvalue weighted by Crippen LogP contribution is -2.00. The zero-order chi connectivity index (χ0) is 37.0. The van der Waals surface area contributed by atoms with Crippen molar-refractivity contribution in [2.75, 3.05) is 0 Å². The van der Waals surface area contributed by atoms with Crippen LogP contribution in [0.3, 0.4) is 0 Å². The Labute approximate surface area is 331 Å². The number of aromatic nitrogens is 3. The van der Waals surface area contributed by atoms with Gasteiger partial charge in [0.2, 0.25) is 0 Å². The summed E-state index contributed by atoms with van der Waals surface area (Å²) < 4.78 is 5.20. The van der Waals surface area contributed by atoms with Crippen LogP contribution in [0.2, 0.25) is 0 Å². The van der Waals surface area contributed by atoms with Gasteiger partial charge in [-0.1, -0.05) is 146 Å². The second-order valence-electron chi connectivity index (χ2n) is 14.0. The molecule has 11 rings (SSSR count). The summed E-state index contributed by atoms with van der Waals surface area (Å²) >= 11 is 3.68. The molecule has 0 amide bonds. The lowest BCUT2D eigenvalue weighted by molar-refractivity contribution is 1.07. The highest BCUT2D eigenvalue weighted by Gasteiger charge is 2.16. The Kier molecular flexibility index (Phi) is 7.87. The van der Waals surface area contributed by atoms with E-state index in [9.17, 15) is 0 Å². The highest BCUT2D eigenvalue weighted by atomic mass is 32.1. The molecule has 5 heteroatoms. The minimum absolute atomic E-state index is 0.637. The molecule has 0 saturated carbocycles. The fourth-order valence-corrected chi connectivity index (χ4v) is 10.0. The summed E-state index contributed by atoms with van der Waals surface area (Å²) in [5.74, 6) is 1.91. The van der Waals surface area contributed by atoms with Crippen LogP contribution in [0.4, 0.5) is 0 Å². The van der Waals surface area contributed by atoms with E-state index in [0.717, 1.165) is 44.5 Å². The maximum absolute atomic E-state index is 5.16. The van der Waals surface area contributed by atoms with Crippen molar-refractivity contribution < 1.29 is 0 Å².